The Balaban J connectivity index is 2.17. The van der Waals surface area contributed by atoms with Crippen LogP contribution in [0.1, 0.15) is 18.9 Å². The van der Waals surface area contributed by atoms with Crippen LogP contribution in [0, 0.1) is 0 Å². The molecule has 104 valence electrons. The first-order chi connectivity index (χ1) is 9.07. The molecule has 0 aliphatic heterocycles. The molecule has 6 heteroatoms. The summed E-state index contributed by atoms with van der Waals surface area (Å²) in [6.45, 7) is 2.78. The van der Waals surface area contributed by atoms with Crippen molar-refractivity contribution in [1.82, 2.24) is 9.55 Å². The Kier molecular flexibility index (Phi) is 4.21. The fourth-order valence-electron chi connectivity index (χ4n) is 2.13. The highest BCUT2D eigenvalue weighted by molar-refractivity contribution is 7.91. The van der Waals surface area contributed by atoms with E-state index in [-0.39, 0.29) is 11.5 Å². The van der Waals surface area contributed by atoms with Gasteiger partial charge in [0.1, 0.15) is 15.5 Å². The molecule has 2 aromatic heterocycles. The van der Waals surface area contributed by atoms with E-state index in [1.165, 1.54) is 0 Å². The summed E-state index contributed by atoms with van der Waals surface area (Å²) in [6, 6.07) is 3.87. The molecule has 5 nitrogen and oxygen atoms in total. The SMILES string of the molecule is CCS(=O)(=O)CCCn1cc(CN)c2cccnc21. The highest BCUT2D eigenvalue weighted by atomic mass is 32.2. The molecule has 2 aromatic rings. The van der Waals surface area contributed by atoms with Crippen molar-refractivity contribution in [3.63, 3.8) is 0 Å². The van der Waals surface area contributed by atoms with Gasteiger partial charge in [0, 0.05) is 36.6 Å². The largest absolute Gasteiger partial charge is 0.332 e. The van der Waals surface area contributed by atoms with Crippen LogP contribution in [-0.4, -0.2) is 29.5 Å². The van der Waals surface area contributed by atoms with Gasteiger partial charge in [0.2, 0.25) is 0 Å². The van der Waals surface area contributed by atoms with Crippen LogP contribution in [0.25, 0.3) is 11.0 Å². The Morgan fingerprint density at radius 2 is 2.21 bits per heavy atom. The van der Waals surface area contributed by atoms with E-state index < -0.39 is 9.84 Å². The minimum Gasteiger partial charge on any atom is -0.332 e. The quantitative estimate of drug-likeness (QED) is 0.866. The molecule has 2 heterocycles. The molecular formula is C13H19N3O2S. The zero-order valence-electron chi connectivity index (χ0n) is 11.0. The molecule has 0 saturated heterocycles. The molecule has 0 atom stereocenters. The van der Waals surface area contributed by atoms with E-state index in [9.17, 15) is 8.42 Å². The lowest BCUT2D eigenvalue weighted by Crippen LogP contribution is -2.11. The second-order valence-corrected chi connectivity index (χ2v) is 6.99. The van der Waals surface area contributed by atoms with Crippen LogP contribution >= 0.6 is 0 Å². The van der Waals surface area contributed by atoms with Crippen molar-refractivity contribution in [1.29, 1.82) is 0 Å². The van der Waals surface area contributed by atoms with Crippen LogP contribution in [-0.2, 0) is 22.9 Å². The van der Waals surface area contributed by atoms with Crippen molar-refractivity contribution in [3.05, 3.63) is 30.1 Å². The molecule has 0 aliphatic rings. The summed E-state index contributed by atoms with van der Waals surface area (Å²) >= 11 is 0. The molecular weight excluding hydrogens is 262 g/mol. The van der Waals surface area contributed by atoms with Gasteiger partial charge in [0.05, 0.1) is 5.75 Å². The Morgan fingerprint density at radius 3 is 2.89 bits per heavy atom. The number of pyridine rings is 1. The standard InChI is InChI=1S/C13H19N3O2S/c1-2-19(17,18)8-4-7-16-10-11(9-14)12-5-3-6-15-13(12)16/h3,5-6,10H,2,4,7-9,14H2,1H3. The normalized spacial score (nSPS) is 12.1. The second kappa shape index (κ2) is 5.71. The van der Waals surface area contributed by atoms with Crippen molar-refractivity contribution < 1.29 is 8.42 Å². The number of aromatic nitrogens is 2. The zero-order valence-corrected chi connectivity index (χ0v) is 11.9. The summed E-state index contributed by atoms with van der Waals surface area (Å²) in [5, 5.41) is 1.04. The maximum Gasteiger partial charge on any atom is 0.150 e. The van der Waals surface area contributed by atoms with Crippen molar-refractivity contribution in [2.45, 2.75) is 26.4 Å². The fraction of sp³-hybridized carbons (Fsp3) is 0.462. The zero-order chi connectivity index (χ0) is 13.9. The lowest BCUT2D eigenvalue weighted by molar-refractivity contribution is 0.588. The molecule has 2 N–H and O–H groups in total. The number of sulfone groups is 1. The molecule has 19 heavy (non-hydrogen) atoms. The smallest absolute Gasteiger partial charge is 0.150 e. The minimum absolute atomic E-state index is 0.200. The molecule has 0 amide bonds. The first-order valence-corrected chi connectivity index (χ1v) is 8.22. The first kappa shape index (κ1) is 14.0. The third-order valence-corrected chi connectivity index (χ3v) is 5.02. The summed E-state index contributed by atoms with van der Waals surface area (Å²) in [7, 11) is -2.90. The number of rotatable bonds is 6. The van der Waals surface area contributed by atoms with E-state index in [1.54, 1.807) is 13.1 Å². The van der Waals surface area contributed by atoms with Crippen LogP contribution in [0.4, 0.5) is 0 Å². The van der Waals surface area contributed by atoms with Gasteiger partial charge in [0.25, 0.3) is 0 Å². The molecule has 0 bridgehead atoms. The maximum absolute atomic E-state index is 11.5. The van der Waals surface area contributed by atoms with Gasteiger partial charge >= 0.3 is 0 Å². The summed E-state index contributed by atoms with van der Waals surface area (Å²) in [4.78, 5) is 4.34. The van der Waals surface area contributed by atoms with E-state index >= 15 is 0 Å². The van der Waals surface area contributed by atoms with Crippen molar-refractivity contribution in [2.75, 3.05) is 11.5 Å². The molecule has 0 unspecified atom stereocenters. The summed E-state index contributed by atoms with van der Waals surface area (Å²) < 4.78 is 24.9. The lowest BCUT2D eigenvalue weighted by atomic mass is 10.2. The van der Waals surface area contributed by atoms with E-state index in [1.807, 2.05) is 22.9 Å². The lowest BCUT2D eigenvalue weighted by Gasteiger charge is -2.04. The van der Waals surface area contributed by atoms with Gasteiger partial charge in [-0.15, -0.1) is 0 Å². The highest BCUT2D eigenvalue weighted by Crippen LogP contribution is 2.19. The Bertz CT molecular complexity index is 662. The van der Waals surface area contributed by atoms with Gasteiger partial charge < -0.3 is 10.3 Å². The highest BCUT2D eigenvalue weighted by Gasteiger charge is 2.10. The third-order valence-electron chi connectivity index (χ3n) is 3.23. The van der Waals surface area contributed by atoms with Crippen LogP contribution in [0.2, 0.25) is 0 Å². The monoisotopic (exact) mass is 281 g/mol. The summed E-state index contributed by atoms with van der Waals surface area (Å²) in [6.07, 6.45) is 4.30. The number of nitrogens with two attached hydrogens (primary N) is 1. The minimum atomic E-state index is -2.90. The molecule has 2 rings (SSSR count). The van der Waals surface area contributed by atoms with Gasteiger partial charge in [-0.2, -0.15) is 0 Å². The number of fused-ring (bicyclic) bond motifs is 1. The van der Waals surface area contributed by atoms with Crippen LogP contribution < -0.4 is 5.73 Å². The average molecular weight is 281 g/mol. The van der Waals surface area contributed by atoms with Crippen molar-refractivity contribution in [2.24, 2.45) is 5.73 Å². The molecule has 0 aliphatic carbocycles. The van der Waals surface area contributed by atoms with Gasteiger partial charge in [-0.05, 0) is 24.1 Å². The van der Waals surface area contributed by atoms with E-state index in [0.717, 1.165) is 16.6 Å². The van der Waals surface area contributed by atoms with Crippen LogP contribution in [0.15, 0.2) is 24.5 Å². The average Bonchev–Trinajstić information content (AvgIpc) is 2.77. The van der Waals surface area contributed by atoms with E-state index in [0.29, 0.717) is 19.5 Å². The Labute approximate surface area is 113 Å². The van der Waals surface area contributed by atoms with Gasteiger partial charge in [-0.1, -0.05) is 6.92 Å². The molecule has 0 spiro atoms. The molecule has 0 saturated carbocycles. The number of hydrogen-bond acceptors (Lipinski definition) is 4. The topological polar surface area (TPSA) is 78.0 Å². The summed E-state index contributed by atoms with van der Waals surface area (Å²) in [5.74, 6) is 0.416. The third kappa shape index (κ3) is 3.13. The first-order valence-electron chi connectivity index (χ1n) is 6.40. The number of hydrogen-bond donors (Lipinski definition) is 1. The van der Waals surface area contributed by atoms with Crippen LogP contribution in [0.3, 0.4) is 0 Å². The predicted octanol–water partition coefficient (Wildman–Crippen LogP) is 1.32. The molecule has 0 fully saturated rings. The van der Waals surface area contributed by atoms with E-state index in [4.69, 9.17) is 5.73 Å². The molecule has 0 aromatic carbocycles. The van der Waals surface area contributed by atoms with Crippen LogP contribution in [0.5, 0.6) is 0 Å². The number of aryl methyl sites for hydroxylation is 1. The number of nitrogens with zero attached hydrogens (tertiary/aromatic N) is 2. The van der Waals surface area contributed by atoms with Crippen molar-refractivity contribution in [3.8, 4) is 0 Å². The van der Waals surface area contributed by atoms with Crippen molar-refractivity contribution >= 4 is 20.9 Å². The van der Waals surface area contributed by atoms with Gasteiger partial charge in [-0.25, -0.2) is 13.4 Å². The Hall–Kier alpha value is -1.40. The fourth-order valence-corrected chi connectivity index (χ4v) is 2.99. The summed E-state index contributed by atoms with van der Waals surface area (Å²) in [5.41, 5.74) is 7.63. The Morgan fingerprint density at radius 1 is 1.42 bits per heavy atom. The predicted molar refractivity (Wildman–Crippen MR) is 76.6 cm³/mol. The second-order valence-electron chi connectivity index (χ2n) is 4.52. The molecule has 0 radical (unpaired) electrons. The maximum atomic E-state index is 11.5. The van der Waals surface area contributed by atoms with Gasteiger partial charge in [-0.3, -0.25) is 0 Å². The van der Waals surface area contributed by atoms with E-state index in [2.05, 4.69) is 4.98 Å². The van der Waals surface area contributed by atoms with Gasteiger partial charge in [0.15, 0.2) is 0 Å².